The molecule has 0 aromatic heterocycles. The molecule has 4 aliphatic rings. The van der Waals surface area contributed by atoms with Crippen molar-refractivity contribution in [2.75, 3.05) is 50.0 Å². The molecule has 0 fully saturated rings. The van der Waals surface area contributed by atoms with Crippen molar-refractivity contribution >= 4 is 74.9 Å². The lowest BCUT2D eigenvalue weighted by molar-refractivity contribution is 0.0586. The maximum absolute atomic E-state index is 14.5. The number of nitrogen functional groups attached to an aromatic ring is 1. The number of carbonyl (C=O) groups excluding carboxylic acids is 3. The third-order valence-electron chi connectivity index (χ3n) is 23.1. The Hall–Kier alpha value is -8.51. The van der Waals surface area contributed by atoms with Crippen LogP contribution in [0, 0.1) is 26.8 Å². The number of fused-ring (bicyclic) bond motifs is 4. The zero-order chi connectivity index (χ0) is 80.2. The average Bonchev–Trinajstić information content (AvgIpc) is 0.764. The molecule has 4 aliphatic carbocycles. The summed E-state index contributed by atoms with van der Waals surface area (Å²) in [6.45, 7) is 42.3. The topological polar surface area (TPSA) is 149 Å². The molecule has 0 aliphatic heterocycles. The van der Waals surface area contributed by atoms with Crippen LogP contribution in [0.4, 0.5) is 46.0 Å². The summed E-state index contributed by atoms with van der Waals surface area (Å²) in [5.41, 5.74) is 24.5. The molecule has 0 bridgehead atoms. The first-order valence-corrected chi connectivity index (χ1v) is 38.6. The highest BCUT2D eigenvalue weighted by molar-refractivity contribution is 14.1. The van der Waals surface area contributed by atoms with E-state index in [9.17, 15) is 36.7 Å². The molecular formula is C94H120F4IN3O8. The van der Waals surface area contributed by atoms with Gasteiger partial charge < -0.3 is 34.9 Å². The van der Waals surface area contributed by atoms with Crippen LogP contribution in [0.15, 0.2) is 146 Å². The highest BCUT2D eigenvalue weighted by Gasteiger charge is 2.41. The monoisotopic (exact) mass is 1620 g/mol. The molecule has 110 heavy (non-hydrogen) atoms. The third kappa shape index (κ3) is 20.4. The Bertz CT molecular complexity index is 4650. The van der Waals surface area contributed by atoms with Crippen LogP contribution in [-0.2, 0) is 64.0 Å². The molecule has 0 heterocycles. The second-order valence-corrected chi connectivity index (χ2v) is 35.7. The van der Waals surface area contributed by atoms with Gasteiger partial charge in [-0.15, -0.1) is 0 Å². The molecule has 0 unspecified atom stereocenters. The Balaban J connectivity index is 0.000000220. The molecule has 8 aromatic carbocycles. The number of carbonyl (C=O) groups is 4. The SMILES string of the molecule is C.C.CC1(C)CCC(C)(C)c2cc(N)ccc21.CCN(c1ccc(C(=O)O)c(F)c1)c1ccc2c(c1)C(C)(C)CCC2(C)C.CCN(c1ccc(C(=O)OC)c(F)c1)c1ccc2c(c1)C(C)(C)CCC2(C)C.COC(=O)c1ccc(Cc2ccc3c(c2)C(C)(C)CCC3(C)C)cc1F.COC(=O)c1ccc(I)cc1F. The van der Waals surface area contributed by atoms with Gasteiger partial charge in [-0.2, -0.15) is 0 Å². The van der Waals surface area contributed by atoms with Gasteiger partial charge in [0.25, 0.3) is 0 Å². The number of aromatic carboxylic acids is 1. The summed E-state index contributed by atoms with van der Waals surface area (Å²) in [5.74, 6) is -5.57. The summed E-state index contributed by atoms with van der Waals surface area (Å²) in [7, 11) is 3.73. The van der Waals surface area contributed by atoms with Gasteiger partial charge in [0.1, 0.15) is 23.3 Å². The minimum atomic E-state index is -1.25. The van der Waals surface area contributed by atoms with Crippen molar-refractivity contribution in [1.29, 1.82) is 0 Å². The van der Waals surface area contributed by atoms with Crippen LogP contribution >= 0.6 is 22.6 Å². The predicted molar refractivity (Wildman–Crippen MR) is 452 cm³/mol. The fourth-order valence-electron chi connectivity index (χ4n) is 15.6. The minimum Gasteiger partial charge on any atom is -0.478 e. The summed E-state index contributed by atoms with van der Waals surface area (Å²) in [5, 5.41) is 9.05. The Kier molecular flexibility index (Phi) is 29.1. The number of nitrogens with zero attached hydrogens (tertiary/aromatic N) is 2. The first-order chi connectivity index (χ1) is 50.3. The van der Waals surface area contributed by atoms with Gasteiger partial charge in [-0.05, 0) is 296 Å². The number of anilines is 5. The van der Waals surface area contributed by atoms with E-state index in [1.165, 1.54) is 152 Å². The number of carboxylic acid groups (broad SMARTS) is 1. The second kappa shape index (κ2) is 35.5. The number of methoxy groups -OCH3 is 3. The highest BCUT2D eigenvalue weighted by Crippen LogP contribution is 2.51. The number of hydrogen-bond donors (Lipinski definition) is 2. The Morgan fingerprint density at radius 1 is 0.364 bits per heavy atom. The van der Waals surface area contributed by atoms with Crippen molar-refractivity contribution in [2.24, 2.45) is 0 Å². The van der Waals surface area contributed by atoms with Crippen molar-refractivity contribution in [3.8, 4) is 0 Å². The van der Waals surface area contributed by atoms with Crippen molar-refractivity contribution in [1.82, 2.24) is 0 Å². The van der Waals surface area contributed by atoms with Crippen LogP contribution in [0.5, 0.6) is 0 Å². The highest BCUT2D eigenvalue weighted by atomic mass is 127. The minimum absolute atomic E-state index is 0. The fourth-order valence-corrected chi connectivity index (χ4v) is 16.1. The number of halogens is 5. The van der Waals surface area contributed by atoms with Gasteiger partial charge in [0.05, 0.1) is 43.6 Å². The molecule has 0 saturated carbocycles. The van der Waals surface area contributed by atoms with E-state index in [1.54, 1.807) is 24.3 Å². The number of hydrogen-bond acceptors (Lipinski definition) is 10. The van der Waals surface area contributed by atoms with Crippen LogP contribution in [0.3, 0.4) is 0 Å². The summed E-state index contributed by atoms with van der Waals surface area (Å²) in [6.07, 6.45) is 10.1. The molecule has 0 radical (unpaired) electrons. The maximum atomic E-state index is 14.5. The Morgan fingerprint density at radius 3 is 0.964 bits per heavy atom. The molecule has 11 nitrogen and oxygen atoms in total. The lowest BCUT2D eigenvalue weighted by Gasteiger charge is -2.42. The van der Waals surface area contributed by atoms with E-state index in [0.717, 1.165) is 51.1 Å². The van der Waals surface area contributed by atoms with Crippen LogP contribution < -0.4 is 15.5 Å². The molecule has 3 N–H and O–H groups in total. The van der Waals surface area contributed by atoms with Crippen LogP contribution in [-0.4, -0.2) is 63.4 Å². The van der Waals surface area contributed by atoms with Gasteiger partial charge in [-0.3, -0.25) is 0 Å². The quantitative estimate of drug-likeness (QED) is 0.0396. The van der Waals surface area contributed by atoms with E-state index in [2.05, 4.69) is 197 Å². The van der Waals surface area contributed by atoms with Gasteiger partial charge in [0.2, 0.25) is 0 Å². The van der Waals surface area contributed by atoms with Crippen LogP contribution in [0.25, 0.3) is 0 Å². The van der Waals surface area contributed by atoms with E-state index < -0.39 is 47.1 Å². The van der Waals surface area contributed by atoms with E-state index in [4.69, 9.17) is 10.8 Å². The molecule has 12 rings (SSSR count). The van der Waals surface area contributed by atoms with Gasteiger partial charge in [0, 0.05) is 45.1 Å². The second-order valence-electron chi connectivity index (χ2n) is 34.4. The van der Waals surface area contributed by atoms with Gasteiger partial charge in [0.15, 0.2) is 0 Å². The van der Waals surface area contributed by atoms with Crippen molar-refractivity contribution in [2.45, 2.75) is 241 Å². The zero-order valence-corrected chi connectivity index (χ0v) is 69.5. The molecular weight excluding hydrogens is 1500 g/mol. The maximum Gasteiger partial charge on any atom is 0.340 e. The number of esters is 3. The van der Waals surface area contributed by atoms with E-state index in [1.807, 2.05) is 47.4 Å². The van der Waals surface area contributed by atoms with Crippen molar-refractivity contribution in [3.05, 3.63) is 250 Å². The Labute approximate surface area is 667 Å². The summed E-state index contributed by atoms with van der Waals surface area (Å²) in [6, 6.07) is 44.3. The van der Waals surface area contributed by atoms with Gasteiger partial charge >= 0.3 is 23.9 Å². The fraction of sp³-hybridized carbons (Fsp3) is 0.447. The molecule has 0 atom stereocenters. The predicted octanol–water partition coefficient (Wildman–Crippen LogP) is 24.8. The summed E-state index contributed by atoms with van der Waals surface area (Å²) < 4.78 is 70.2. The van der Waals surface area contributed by atoms with Crippen molar-refractivity contribution in [3.63, 3.8) is 0 Å². The van der Waals surface area contributed by atoms with Crippen LogP contribution in [0.1, 0.15) is 288 Å². The molecule has 8 aromatic rings. The largest absolute Gasteiger partial charge is 0.478 e. The molecule has 594 valence electrons. The Morgan fingerprint density at radius 2 is 0.627 bits per heavy atom. The number of carboxylic acids is 1. The average molecular weight is 1620 g/mol. The van der Waals surface area contributed by atoms with Gasteiger partial charge in [-0.1, -0.05) is 168 Å². The smallest absolute Gasteiger partial charge is 0.340 e. The molecule has 0 saturated heterocycles. The van der Waals surface area contributed by atoms with E-state index in [0.29, 0.717) is 30.6 Å². The molecule has 16 heteroatoms. The van der Waals surface area contributed by atoms with E-state index >= 15 is 0 Å². The van der Waals surface area contributed by atoms with E-state index in [-0.39, 0.29) is 75.0 Å². The number of benzene rings is 8. The summed E-state index contributed by atoms with van der Waals surface area (Å²) >= 11 is 1.97. The molecule has 0 spiro atoms. The first kappa shape index (κ1) is 90.4. The summed E-state index contributed by atoms with van der Waals surface area (Å²) in [4.78, 5) is 49.3. The molecule has 0 amide bonds. The van der Waals surface area contributed by atoms with Crippen LogP contribution in [0.2, 0.25) is 0 Å². The lowest BCUT2D eigenvalue weighted by Crippen LogP contribution is -2.34. The number of rotatable bonds is 12. The zero-order valence-electron chi connectivity index (χ0n) is 67.3. The first-order valence-electron chi connectivity index (χ1n) is 37.5. The number of ether oxygens (including phenoxy) is 3. The number of nitrogens with two attached hydrogens (primary N) is 1. The normalized spacial score (nSPS) is 16.7. The third-order valence-corrected chi connectivity index (χ3v) is 23.7. The van der Waals surface area contributed by atoms with Gasteiger partial charge in [-0.25, -0.2) is 36.7 Å². The van der Waals surface area contributed by atoms with Crippen molar-refractivity contribution < 1.29 is 56.1 Å². The standard InChI is InChI=1S/C24H30FNO2.C23H28FNO2.C23H27FO2.C14H21N.C8H6FIO2.2CH4/c1-7-26(17-8-10-18(21(25)15-17)22(27)28-6)16-9-11-19-20(14-16)24(4,5)13-12-23(19,2)3;1-6-25(16-7-9-17(21(26)27)20(24)14-16)15-8-10-18-19(13-15)23(4,5)12-11-22(18,2)3;1-22(2)10-11-23(3,4)19-13-15(7-9-18(19)22)12-16-6-8-17(20(24)14-16)21(25)26-5;1-13(2)7-8-14(3,4)12-9-10(15)5-6-11(12)13;1-12-8(11)6-3-2-5(10)4-7(6)9;;/h8-11,14-15H,7,12-13H2,1-6H3;7-10,13-14H,6,11-12H2,1-5H3,(H,26,27);6-9,13-14H,10-12H2,1-5H3;5-6,9H,7-8,15H2,1-4H3;2-4H,1H3;2*1H4. The lowest BCUT2D eigenvalue weighted by atomic mass is 9.63.